The highest BCUT2D eigenvalue weighted by atomic mass is 16.5. The first kappa shape index (κ1) is 12.6. The summed E-state index contributed by atoms with van der Waals surface area (Å²) in [6.07, 6.45) is -0.346. The fourth-order valence-corrected chi connectivity index (χ4v) is 0.828. The molecule has 0 fully saturated rings. The number of hydrogen-bond donors (Lipinski definition) is 0. The molecule has 0 aliphatic carbocycles. The van der Waals surface area contributed by atoms with Crippen LogP contribution < -0.4 is 0 Å². The molecule has 0 saturated carbocycles. The molecule has 82 valence electrons. The van der Waals surface area contributed by atoms with Crippen molar-refractivity contribution >= 4 is 6.09 Å². The second-order valence-electron chi connectivity index (χ2n) is 2.91. The van der Waals surface area contributed by atoms with Gasteiger partial charge in [-0.1, -0.05) is 0 Å². The molecule has 14 heavy (non-hydrogen) atoms. The van der Waals surface area contributed by atoms with E-state index in [1.807, 2.05) is 11.9 Å². The zero-order valence-corrected chi connectivity index (χ0v) is 9.24. The van der Waals surface area contributed by atoms with E-state index in [1.54, 1.807) is 14.2 Å². The molecule has 1 amide bonds. The number of carbonyl (C=O) groups is 1. The standard InChI is InChI=1S/C9H18N2O3/c1-8(13-4)10(2)6-7-11(3)9(12)14-5/h1,6-7H2,2-5H3. The molecule has 0 spiro atoms. The number of ether oxygens (including phenoxy) is 2. The first-order valence-electron chi connectivity index (χ1n) is 4.26. The zero-order chi connectivity index (χ0) is 11.1. The van der Waals surface area contributed by atoms with Crippen molar-refractivity contribution in [2.45, 2.75) is 0 Å². The van der Waals surface area contributed by atoms with E-state index in [0.717, 1.165) is 0 Å². The molecule has 5 nitrogen and oxygen atoms in total. The maximum Gasteiger partial charge on any atom is 0.409 e. The normalized spacial score (nSPS) is 9.14. The second kappa shape index (κ2) is 6.12. The molecule has 0 bridgehead atoms. The van der Waals surface area contributed by atoms with Crippen molar-refractivity contribution in [3.05, 3.63) is 12.5 Å². The Kier molecular flexibility index (Phi) is 5.52. The van der Waals surface area contributed by atoms with Gasteiger partial charge in [-0.25, -0.2) is 4.79 Å². The highest BCUT2D eigenvalue weighted by Gasteiger charge is 2.09. The topological polar surface area (TPSA) is 42.0 Å². The maximum absolute atomic E-state index is 11.0. The summed E-state index contributed by atoms with van der Waals surface area (Å²) in [7, 11) is 6.44. The number of likely N-dealkylation sites (N-methyl/N-ethyl adjacent to an activating group) is 2. The average Bonchev–Trinajstić information content (AvgIpc) is 2.22. The van der Waals surface area contributed by atoms with Crippen LogP contribution >= 0.6 is 0 Å². The van der Waals surface area contributed by atoms with Crippen LogP contribution in [0.5, 0.6) is 0 Å². The Bertz CT molecular complexity index is 184. The summed E-state index contributed by atoms with van der Waals surface area (Å²) in [5, 5.41) is 0. The van der Waals surface area contributed by atoms with Crippen molar-refractivity contribution < 1.29 is 14.3 Å². The van der Waals surface area contributed by atoms with Crippen molar-refractivity contribution in [3.8, 4) is 0 Å². The summed E-state index contributed by atoms with van der Waals surface area (Å²) >= 11 is 0. The quantitative estimate of drug-likeness (QED) is 0.616. The first-order chi connectivity index (χ1) is 6.52. The molecule has 0 saturated heterocycles. The summed E-state index contributed by atoms with van der Waals surface area (Å²) in [4.78, 5) is 14.3. The third-order valence-corrected chi connectivity index (χ3v) is 1.92. The van der Waals surface area contributed by atoms with Gasteiger partial charge in [0.15, 0.2) is 5.88 Å². The van der Waals surface area contributed by atoms with Crippen molar-refractivity contribution in [2.75, 3.05) is 41.4 Å². The van der Waals surface area contributed by atoms with E-state index >= 15 is 0 Å². The predicted octanol–water partition coefficient (Wildman–Crippen LogP) is 0.734. The van der Waals surface area contributed by atoms with Crippen LogP contribution in [0.4, 0.5) is 4.79 Å². The molecule has 0 rings (SSSR count). The smallest absolute Gasteiger partial charge is 0.409 e. The van der Waals surface area contributed by atoms with Gasteiger partial charge in [-0.15, -0.1) is 0 Å². The van der Waals surface area contributed by atoms with E-state index in [0.29, 0.717) is 19.0 Å². The van der Waals surface area contributed by atoms with Crippen LogP contribution in [-0.4, -0.2) is 57.3 Å². The molecule has 0 aromatic rings. The van der Waals surface area contributed by atoms with Crippen LogP contribution in [0.2, 0.25) is 0 Å². The first-order valence-corrected chi connectivity index (χ1v) is 4.26. The van der Waals surface area contributed by atoms with Crippen LogP contribution in [-0.2, 0) is 9.47 Å². The Morgan fingerprint density at radius 3 is 2.07 bits per heavy atom. The van der Waals surface area contributed by atoms with Gasteiger partial charge in [0.2, 0.25) is 0 Å². The van der Waals surface area contributed by atoms with Crippen LogP contribution in [0.25, 0.3) is 0 Å². The lowest BCUT2D eigenvalue weighted by atomic mass is 10.5. The number of hydrogen-bond acceptors (Lipinski definition) is 4. The van der Waals surface area contributed by atoms with Gasteiger partial charge < -0.3 is 19.3 Å². The van der Waals surface area contributed by atoms with Crippen molar-refractivity contribution in [1.82, 2.24) is 9.80 Å². The average molecular weight is 202 g/mol. The van der Waals surface area contributed by atoms with Crippen LogP contribution in [0.15, 0.2) is 12.5 Å². The van der Waals surface area contributed by atoms with Gasteiger partial charge in [-0.3, -0.25) is 0 Å². The molecular weight excluding hydrogens is 184 g/mol. The minimum atomic E-state index is -0.346. The fraction of sp³-hybridized carbons (Fsp3) is 0.667. The third-order valence-electron chi connectivity index (χ3n) is 1.92. The molecular formula is C9H18N2O3. The second-order valence-corrected chi connectivity index (χ2v) is 2.91. The number of carbonyl (C=O) groups excluding carboxylic acids is 1. The van der Waals surface area contributed by atoms with E-state index < -0.39 is 0 Å². The Hall–Kier alpha value is -1.39. The van der Waals surface area contributed by atoms with E-state index in [9.17, 15) is 4.79 Å². The molecule has 0 radical (unpaired) electrons. The summed E-state index contributed by atoms with van der Waals surface area (Å²) in [5.41, 5.74) is 0. The summed E-state index contributed by atoms with van der Waals surface area (Å²) in [6.45, 7) is 4.90. The number of rotatable bonds is 5. The molecule has 0 unspecified atom stereocenters. The van der Waals surface area contributed by atoms with Crippen LogP contribution in [0.1, 0.15) is 0 Å². The summed E-state index contributed by atoms with van der Waals surface area (Å²) in [5.74, 6) is 0.572. The fourth-order valence-electron chi connectivity index (χ4n) is 0.828. The Morgan fingerprint density at radius 2 is 1.64 bits per heavy atom. The molecule has 0 heterocycles. The lowest BCUT2D eigenvalue weighted by Crippen LogP contribution is -2.34. The van der Waals surface area contributed by atoms with Gasteiger partial charge in [0.25, 0.3) is 0 Å². The van der Waals surface area contributed by atoms with E-state index in [4.69, 9.17) is 4.74 Å². The van der Waals surface area contributed by atoms with Crippen molar-refractivity contribution in [2.24, 2.45) is 0 Å². The minimum Gasteiger partial charge on any atom is -0.483 e. The lowest BCUT2D eigenvalue weighted by Gasteiger charge is -2.23. The molecule has 5 heteroatoms. The third kappa shape index (κ3) is 4.02. The van der Waals surface area contributed by atoms with Gasteiger partial charge in [-0.05, 0) is 6.58 Å². The molecule has 0 aliphatic rings. The van der Waals surface area contributed by atoms with Crippen molar-refractivity contribution in [1.29, 1.82) is 0 Å². The largest absolute Gasteiger partial charge is 0.483 e. The minimum absolute atomic E-state index is 0.346. The Labute approximate surface area is 84.9 Å². The monoisotopic (exact) mass is 202 g/mol. The molecule has 0 atom stereocenters. The number of methoxy groups -OCH3 is 2. The van der Waals surface area contributed by atoms with Crippen molar-refractivity contribution in [3.63, 3.8) is 0 Å². The van der Waals surface area contributed by atoms with E-state index in [1.165, 1.54) is 12.0 Å². The Morgan fingerprint density at radius 1 is 1.14 bits per heavy atom. The zero-order valence-electron chi connectivity index (χ0n) is 9.24. The van der Waals surface area contributed by atoms with E-state index in [2.05, 4.69) is 11.3 Å². The maximum atomic E-state index is 11.0. The molecule has 0 aliphatic heterocycles. The predicted molar refractivity (Wildman–Crippen MR) is 53.8 cm³/mol. The Balaban J connectivity index is 3.82. The van der Waals surface area contributed by atoms with Gasteiger partial charge in [-0.2, -0.15) is 0 Å². The highest BCUT2D eigenvalue weighted by molar-refractivity contribution is 5.66. The SMILES string of the molecule is C=C(OC)N(C)CCN(C)C(=O)OC. The molecule has 0 N–H and O–H groups in total. The van der Waals surface area contributed by atoms with Crippen LogP contribution in [0.3, 0.4) is 0 Å². The molecule has 0 aromatic heterocycles. The number of nitrogens with zero attached hydrogens (tertiary/aromatic N) is 2. The summed E-state index contributed by atoms with van der Waals surface area (Å²) < 4.78 is 9.47. The number of amides is 1. The van der Waals surface area contributed by atoms with Gasteiger partial charge >= 0.3 is 6.09 Å². The van der Waals surface area contributed by atoms with Gasteiger partial charge in [0.1, 0.15) is 0 Å². The van der Waals surface area contributed by atoms with E-state index in [-0.39, 0.29) is 6.09 Å². The van der Waals surface area contributed by atoms with Gasteiger partial charge in [0, 0.05) is 27.2 Å². The van der Waals surface area contributed by atoms with Crippen LogP contribution in [0, 0.1) is 0 Å². The highest BCUT2D eigenvalue weighted by Crippen LogP contribution is 1.98. The summed E-state index contributed by atoms with van der Waals surface area (Å²) in [6, 6.07) is 0. The lowest BCUT2D eigenvalue weighted by molar-refractivity contribution is 0.123. The molecule has 0 aromatic carbocycles. The van der Waals surface area contributed by atoms with Gasteiger partial charge in [0.05, 0.1) is 14.2 Å².